The monoisotopic (exact) mass is 491 g/mol. The van der Waals surface area contributed by atoms with Crippen molar-refractivity contribution in [3.63, 3.8) is 0 Å². The van der Waals surface area contributed by atoms with E-state index in [4.69, 9.17) is 4.74 Å². The lowest BCUT2D eigenvalue weighted by atomic mass is 9.84. The number of carbonyl (C=O) groups is 3. The lowest BCUT2D eigenvalue weighted by Crippen LogP contribution is -2.57. The van der Waals surface area contributed by atoms with E-state index in [1.165, 1.54) is 10.5 Å². The number of hydrogen-bond acceptors (Lipinski definition) is 5. The second-order valence-corrected chi connectivity index (χ2v) is 10.4. The second-order valence-electron chi connectivity index (χ2n) is 10.4. The summed E-state index contributed by atoms with van der Waals surface area (Å²) < 4.78 is 21.9. The minimum absolute atomic E-state index is 0.00243. The summed E-state index contributed by atoms with van der Waals surface area (Å²) in [5, 5.41) is 2.28. The van der Waals surface area contributed by atoms with Gasteiger partial charge in [-0.05, 0) is 43.4 Å². The standard InChI is InChI=1S/C28H30FN3O4/c29-26-20-16-32(22-11-13-25(33)30-27(22)34)28(35)19(20)10-12-24(26)36-23-9-5-4-8-21(23)31-14-18(15-31)17-6-2-1-3-7-17/h1-3,6-7,10,12,18,21-23H,4-5,8-9,11,13-16H2,(H,30,33,34)/t21-,22?,23-/m0/s1. The Morgan fingerprint density at radius 3 is 2.50 bits per heavy atom. The predicted molar refractivity (Wildman–Crippen MR) is 130 cm³/mol. The number of halogens is 1. The quantitative estimate of drug-likeness (QED) is 0.649. The number of benzene rings is 2. The highest BCUT2D eigenvalue weighted by atomic mass is 19.1. The molecule has 2 aromatic carbocycles. The molecule has 8 heteroatoms. The Bertz CT molecular complexity index is 1200. The second kappa shape index (κ2) is 9.32. The van der Waals surface area contributed by atoms with Gasteiger partial charge in [0.25, 0.3) is 5.91 Å². The molecular weight excluding hydrogens is 461 g/mol. The summed E-state index contributed by atoms with van der Waals surface area (Å²) in [6, 6.07) is 13.2. The summed E-state index contributed by atoms with van der Waals surface area (Å²) >= 11 is 0. The number of hydrogen-bond donors (Lipinski definition) is 1. The van der Waals surface area contributed by atoms with Crippen molar-refractivity contribution in [3.8, 4) is 5.75 Å². The van der Waals surface area contributed by atoms with E-state index in [9.17, 15) is 14.4 Å². The van der Waals surface area contributed by atoms with Crippen molar-refractivity contribution < 1.29 is 23.5 Å². The number of likely N-dealkylation sites (tertiary alicyclic amines) is 1. The summed E-state index contributed by atoms with van der Waals surface area (Å²) in [6.45, 7) is 1.97. The largest absolute Gasteiger partial charge is 0.486 e. The van der Waals surface area contributed by atoms with Crippen LogP contribution in [0.3, 0.4) is 0 Å². The molecule has 0 spiro atoms. The number of piperidine rings is 1. The Balaban J connectivity index is 1.16. The molecule has 7 nitrogen and oxygen atoms in total. The Kier molecular flexibility index (Phi) is 5.99. The third-order valence-electron chi connectivity index (χ3n) is 8.21. The smallest absolute Gasteiger partial charge is 0.255 e. The molecule has 3 fully saturated rings. The molecule has 1 N–H and O–H groups in total. The fourth-order valence-corrected chi connectivity index (χ4v) is 6.19. The summed E-state index contributed by atoms with van der Waals surface area (Å²) in [4.78, 5) is 40.6. The van der Waals surface area contributed by atoms with Crippen molar-refractivity contribution in [3.05, 3.63) is 65.0 Å². The summed E-state index contributed by atoms with van der Waals surface area (Å²) in [5.41, 5.74) is 1.89. The topological polar surface area (TPSA) is 79.0 Å². The normalized spacial score (nSPS) is 27.0. The Labute approximate surface area is 209 Å². The first-order valence-corrected chi connectivity index (χ1v) is 12.9. The van der Waals surface area contributed by atoms with Gasteiger partial charge in [0.1, 0.15) is 12.1 Å². The molecule has 1 aliphatic carbocycles. The molecule has 1 saturated carbocycles. The minimum Gasteiger partial charge on any atom is -0.486 e. The van der Waals surface area contributed by atoms with Crippen LogP contribution in [-0.2, 0) is 16.1 Å². The van der Waals surface area contributed by atoms with E-state index in [2.05, 4.69) is 34.5 Å². The van der Waals surface area contributed by atoms with Crippen molar-refractivity contribution in [2.75, 3.05) is 13.1 Å². The van der Waals surface area contributed by atoms with Crippen molar-refractivity contribution in [2.24, 2.45) is 0 Å². The van der Waals surface area contributed by atoms with Crippen LogP contribution in [0.15, 0.2) is 42.5 Å². The lowest BCUT2D eigenvalue weighted by molar-refractivity contribution is -0.136. The van der Waals surface area contributed by atoms with Crippen LogP contribution in [0, 0.1) is 5.82 Å². The van der Waals surface area contributed by atoms with Gasteiger partial charge in [0, 0.05) is 42.6 Å². The average Bonchev–Trinajstić information content (AvgIpc) is 3.18. The molecular formula is C28H30FN3O4. The van der Waals surface area contributed by atoms with Gasteiger partial charge in [-0.2, -0.15) is 0 Å². The number of nitrogens with zero attached hydrogens (tertiary/aromatic N) is 2. The molecule has 4 aliphatic rings. The zero-order valence-corrected chi connectivity index (χ0v) is 20.1. The number of carbonyl (C=O) groups excluding carboxylic acids is 3. The van der Waals surface area contributed by atoms with E-state index in [0.29, 0.717) is 5.92 Å². The third kappa shape index (κ3) is 4.07. The lowest BCUT2D eigenvalue weighted by Gasteiger charge is -2.48. The Morgan fingerprint density at radius 2 is 1.72 bits per heavy atom. The van der Waals surface area contributed by atoms with Crippen LogP contribution in [0.5, 0.6) is 5.75 Å². The van der Waals surface area contributed by atoms with Gasteiger partial charge in [-0.25, -0.2) is 4.39 Å². The van der Waals surface area contributed by atoms with Crippen LogP contribution in [-0.4, -0.2) is 58.8 Å². The molecule has 1 unspecified atom stereocenters. The van der Waals surface area contributed by atoms with E-state index >= 15 is 4.39 Å². The zero-order chi connectivity index (χ0) is 24.8. The molecule has 3 heterocycles. The number of ether oxygens (including phenoxy) is 1. The van der Waals surface area contributed by atoms with E-state index in [1.54, 1.807) is 12.1 Å². The number of rotatable bonds is 5. The number of nitrogens with one attached hydrogen (secondary N) is 1. The highest BCUT2D eigenvalue weighted by Gasteiger charge is 2.42. The van der Waals surface area contributed by atoms with Crippen molar-refractivity contribution in [1.82, 2.24) is 15.1 Å². The van der Waals surface area contributed by atoms with Gasteiger partial charge in [-0.3, -0.25) is 24.6 Å². The van der Waals surface area contributed by atoms with Crippen molar-refractivity contribution in [1.29, 1.82) is 0 Å². The molecule has 3 amide bonds. The van der Waals surface area contributed by atoms with Gasteiger partial charge in [0.05, 0.1) is 6.54 Å². The first kappa shape index (κ1) is 23.2. The Hall–Kier alpha value is -3.26. The molecule has 0 aromatic heterocycles. The maximum absolute atomic E-state index is 15.6. The van der Waals surface area contributed by atoms with Crippen LogP contribution >= 0.6 is 0 Å². The van der Waals surface area contributed by atoms with Crippen molar-refractivity contribution >= 4 is 17.7 Å². The van der Waals surface area contributed by atoms with Crippen molar-refractivity contribution in [2.45, 2.75) is 69.2 Å². The molecule has 36 heavy (non-hydrogen) atoms. The van der Waals surface area contributed by atoms with E-state index in [1.807, 2.05) is 6.07 Å². The van der Waals surface area contributed by atoms with Crippen LogP contribution in [0.2, 0.25) is 0 Å². The molecule has 6 rings (SSSR count). The SMILES string of the molecule is O=C1CCC(N2Cc3c(ccc(O[C@H]4CCCC[C@@H]4N4CC(c5ccccc5)C4)c3F)C2=O)C(=O)N1. The maximum atomic E-state index is 15.6. The zero-order valence-electron chi connectivity index (χ0n) is 20.1. The summed E-state index contributed by atoms with van der Waals surface area (Å²) in [5.74, 6) is -1.06. The molecule has 3 aliphatic heterocycles. The van der Waals surface area contributed by atoms with Gasteiger partial charge in [-0.1, -0.05) is 36.8 Å². The van der Waals surface area contributed by atoms with E-state index < -0.39 is 17.8 Å². The maximum Gasteiger partial charge on any atom is 0.255 e. The van der Waals surface area contributed by atoms with Crippen LogP contribution < -0.4 is 10.1 Å². The molecule has 0 bridgehead atoms. The molecule has 2 saturated heterocycles. The summed E-state index contributed by atoms with van der Waals surface area (Å²) in [6.07, 6.45) is 4.39. The first-order chi connectivity index (χ1) is 17.5. The molecule has 3 atom stereocenters. The van der Waals surface area contributed by atoms with E-state index in [-0.39, 0.29) is 60.2 Å². The predicted octanol–water partition coefficient (Wildman–Crippen LogP) is 3.38. The number of amides is 3. The van der Waals surface area contributed by atoms with Crippen LogP contribution in [0.1, 0.15) is 65.9 Å². The molecule has 188 valence electrons. The fourth-order valence-electron chi connectivity index (χ4n) is 6.19. The first-order valence-electron chi connectivity index (χ1n) is 12.9. The summed E-state index contributed by atoms with van der Waals surface area (Å²) in [7, 11) is 0. The van der Waals surface area contributed by atoms with Gasteiger partial charge in [0.2, 0.25) is 11.8 Å². The Morgan fingerprint density at radius 1 is 0.944 bits per heavy atom. The highest BCUT2D eigenvalue weighted by Crippen LogP contribution is 2.38. The molecule has 2 aromatic rings. The third-order valence-corrected chi connectivity index (χ3v) is 8.21. The van der Waals surface area contributed by atoms with E-state index in [0.717, 1.165) is 38.8 Å². The van der Waals surface area contributed by atoms with Crippen LogP contribution in [0.4, 0.5) is 4.39 Å². The highest BCUT2D eigenvalue weighted by molar-refractivity contribution is 6.05. The minimum atomic E-state index is -0.766. The average molecular weight is 492 g/mol. The number of imide groups is 1. The van der Waals surface area contributed by atoms with Crippen LogP contribution in [0.25, 0.3) is 0 Å². The molecule has 0 radical (unpaired) electrons. The van der Waals surface area contributed by atoms with Gasteiger partial charge >= 0.3 is 0 Å². The number of fused-ring (bicyclic) bond motifs is 1. The fraction of sp³-hybridized carbons (Fsp3) is 0.464. The van der Waals surface area contributed by atoms with Gasteiger partial charge in [-0.15, -0.1) is 0 Å². The van der Waals surface area contributed by atoms with Gasteiger partial charge in [0.15, 0.2) is 11.6 Å². The van der Waals surface area contributed by atoms with Gasteiger partial charge < -0.3 is 9.64 Å².